The van der Waals surface area contributed by atoms with Gasteiger partial charge in [-0.2, -0.15) is 0 Å². The van der Waals surface area contributed by atoms with Crippen molar-refractivity contribution in [2.24, 2.45) is 0 Å². The van der Waals surface area contributed by atoms with Gasteiger partial charge in [0.05, 0.1) is 33.0 Å². The van der Waals surface area contributed by atoms with Crippen LogP contribution in [-0.2, 0) is 6.42 Å². The van der Waals surface area contributed by atoms with E-state index in [1.165, 1.54) is 0 Å². The average Bonchev–Trinajstić information content (AvgIpc) is 2.25. The van der Waals surface area contributed by atoms with Gasteiger partial charge >= 0.3 is 0 Å². The van der Waals surface area contributed by atoms with Gasteiger partial charge in [0.1, 0.15) is 11.5 Å². The Kier molecular flexibility index (Phi) is 3.74. The van der Waals surface area contributed by atoms with Crippen molar-refractivity contribution in [2.45, 2.75) is 6.42 Å². The van der Waals surface area contributed by atoms with Crippen molar-refractivity contribution < 1.29 is 9.47 Å². The first-order valence-electron chi connectivity index (χ1n) is 4.21. The second-order valence-electron chi connectivity index (χ2n) is 2.65. The van der Waals surface area contributed by atoms with Gasteiger partial charge in [0.2, 0.25) is 6.54 Å². The van der Waals surface area contributed by atoms with Crippen molar-refractivity contribution in [2.75, 3.05) is 20.8 Å². The summed E-state index contributed by atoms with van der Waals surface area (Å²) in [5, 5.41) is 0. The van der Waals surface area contributed by atoms with Crippen LogP contribution in [0.3, 0.4) is 0 Å². The molecule has 0 aromatic carbocycles. The first kappa shape index (κ1) is 10.3. The molecule has 0 radical (unpaired) electrons. The van der Waals surface area contributed by atoms with E-state index in [0.717, 1.165) is 5.56 Å². The molecule has 0 fully saturated rings. The molecule has 0 spiro atoms. The maximum absolute atomic E-state index is 6.73. The molecule has 0 saturated heterocycles. The molecule has 14 heavy (non-hydrogen) atoms. The summed E-state index contributed by atoms with van der Waals surface area (Å²) in [5.41, 5.74) is 0.904. The van der Waals surface area contributed by atoms with Crippen LogP contribution in [0.25, 0.3) is 4.85 Å². The topological polar surface area (TPSA) is 35.7 Å². The Morgan fingerprint density at radius 1 is 1.29 bits per heavy atom. The molecular formula is C10H12N2O2. The van der Waals surface area contributed by atoms with Gasteiger partial charge in [0, 0.05) is 5.56 Å². The monoisotopic (exact) mass is 192 g/mol. The van der Waals surface area contributed by atoms with Gasteiger partial charge < -0.3 is 14.3 Å². The minimum absolute atomic E-state index is 0.427. The molecule has 0 unspecified atom stereocenters. The molecular weight excluding hydrogens is 180 g/mol. The largest absolute Gasteiger partial charge is 0.495 e. The van der Waals surface area contributed by atoms with E-state index in [2.05, 4.69) is 9.83 Å². The molecule has 0 saturated carbocycles. The zero-order chi connectivity index (χ0) is 10.4. The van der Waals surface area contributed by atoms with Crippen LogP contribution in [-0.4, -0.2) is 25.7 Å². The van der Waals surface area contributed by atoms with E-state index >= 15 is 0 Å². The van der Waals surface area contributed by atoms with Gasteiger partial charge in [-0.3, -0.25) is 4.98 Å². The lowest BCUT2D eigenvalue weighted by atomic mass is 10.1. The summed E-state index contributed by atoms with van der Waals surface area (Å²) in [6, 6.07) is 0. The summed E-state index contributed by atoms with van der Waals surface area (Å²) in [6.45, 7) is 7.16. The maximum atomic E-state index is 6.73. The predicted octanol–water partition coefficient (Wildman–Crippen LogP) is 1.56. The molecule has 4 nitrogen and oxygen atoms in total. The minimum atomic E-state index is 0.427. The third-order valence-corrected chi connectivity index (χ3v) is 1.89. The zero-order valence-corrected chi connectivity index (χ0v) is 8.28. The molecule has 4 heteroatoms. The zero-order valence-electron chi connectivity index (χ0n) is 8.28. The molecule has 1 rings (SSSR count). The smallest absolute Gasteiger partial charge is 0.218 e. The lowest BCUT2D eigenvalue weighted by Gasteiger charge is -2.09. The van der Waals surface area contributed by atoms with Crippen LogP contribution in [0.4, 0.5) is 0 Å². The van der Waals surface area contributed by atoms with Crippen molar-refractivity contribution >= 4 is 0 Å². The quantitative estimate of drug-likeness (QED) is 0.679. The van der Waals surface area contributed by atoms with E-state index < -0.39 is 0 Å². The Bertz CT molecular complexity index is 322. The highest BCUT2D eigenvalue weighted by molar-refractivity contribution is 5.42. The lowest BCUT2D eigenvalue weighted by molar-refractivity contribution is 0.382. The number of nitrogens with zero attached hydrogens (tertiary/aromatic N) is 2. The summed E-state index contributed by atoms with van der Waals surface area (Å²) >= 11 is 0. The van der Waals surface area contributed by atoms with E-state index in [0.29, 0.717) is 24.5 Å². The number of hydrogen-bond donors (Lipinski definition) is 0. The SMILES string of the molecule is [C-]#[N+]CCc1c(OC)cncc1OC. The second-order valence-corrected chi connectivity index (χ2v) is 2.65. The third-order valence-electron chi connectivity index (χ3n) is 1.89. The number of methoxy groups -OCH3 is 2. The molecule has 0 aliphatic rings. The Labute approximate surface area is 83.3 Å². The van der Waals surface area contributed by atoms with Crippen LogP contribution < -0.4 is 9.47 Å². The normalized spacial score (nSPS) is 9.21. The van der Waals surface area contributed by atoms with Gasteiger partial charge in [-0.1, -0.05) is 0 Å². The third kappa shape index (κ3) is 2.13. The fraction of sp³-hybridized carbons (Fsp3) is 0.400. The van der Waals surface area contributed by atoms with Gasteiger partial charge in [-0.05, 0) is 0 Å². The van der Waals surface area contributed by atoms with E-state index in [9.17, 15) is 0 Å². The van der Waals surface area contributed by atoms with E-state index in [-0.39, 0.29) is 0 Å². The summed E-state index contributed by atoms with van der Waals surface area (Å²) in [5.74, 6) is 1.35. The van der Waals surface area contributed by atoms with Gasteiger partial charge in [0.15, 0.2) is 0 Å². The van der Waals surface area contributed by atoms with Crippen LogP contribution >= 0.6 is 0 Å². The molecule has 0 aliphatic heterocycles. The van der Waals surface area contributed by atoms with Crippen LogP contribution in [0.15, 0.2) is 12.4 Å². The second kappa shape index (κ2) is 5.07. The van der Waals surface area contributed by atoms with E-state index in [4.69, 9.17) is 16.0 Å². The molecule has 0 amide bonds. The number of ether oxygens (including phenoxy) is 2. The number of pyridine rings is 1. The van der Waals surface area contributed by atoms with Crippen molar-refractivity contribution in [3.8, 4) is 11.5 Å². The summed E-state index contributed by atoms with van der Waals surface area (Å²) in [4.78, 5) is 7.27. The standard InChI is InChI=1S/C10H12N2O2/c1-11-5-4-8-9(13-2)6-12-7-10(8)14-3/h6-7H,4-5H2,2-3H3. The van der Waals surface area contributed by atoms with Crippen molar-refractivity contribution in [1.29, 1.82) is 0 Å². The van der Waals surface area contributed by atoms with Gasteiger partial charge in [0.25, 0.3) is 0 Å². The lowest BCUT2D eigenvalue weighted by Crippen LogP contribution is -1.99. The van der Waals surface area contributed by atoms with E-state index in [1.54, 1.807) is 26.6 Å². The molecule has 74 valence electrons. The van der Waals surface area contributed by atoms with Crippen LogP contribution in [0.5, 0.6) is 11.5 Å². The Morgan fingerprint density at radius 3 is 2.29 bits per heavy atom. The molecule has 0 bridgehead atoms. The van der Waals surface area contributed by atoms with Gasteiger partial charge in [-0.15, -0.1) is 0 Å². The number of rotatable bonds is 4. The fourth-order valence-corrected chi connectivity index (χ4v) is 1.22. The van der Waals surface area contributed by atoms with Crippen molar-refractivity contribution in [1.82, 2.24) is 4.98 Å². The number of aromatic nitrogens is 1. The van der Waals surface area contributed by atoms with Crippen molar-refractivity contribution in [3.05, 3.63) is 29.4 Å². The summed E-state index contributed by atoms with van der Waals surface area (Å²) in [7, 11) is 3.16. The highest BCUT2D eigenvalue weighted by atomic mass is 16.5. The van der Waals surface area contributed by atoms with Crippen molar-refractivity contribution in [3.63, 3.8) is 0 Å². The predicted molar refractivity (Wildman–Crippen MR) is 52.5 cm³/mol. The first-order valence-corrected chi connectivity index (χ1v) is 4.21. The van der Waals surface area contributed by atoms with Crippen LogP contribution in [0.1, 0.15) is 5.56 Å². The Morgan fingerprint density at radius 2 is 1.86 bits per heavy atom. The number of hydrogen-bond acceptors (Lipinski definition) is 3. The Balaban J connectivity index is 3.00. The van der Waals surface area contributed by atoms with Crippen LogP contribution in [0, 0.1) is 6.57 Å². The maximum Gasteiger partial charge on any atom is 0.218 e. The molecule has 0 atom stereocenters. The van der Waals surface area contributed by atoms with Crippen LogP contribution in [0.2, 0.25) is 0 Å². The summed E-state index contributed by atoms with van der Waals surface area (Å²) < 4.78 is 10.3. The first-order chi connectivity index (χ1) is 6.83. The molecule has 0 N–H and O–H groups in total. The molecule has 1 aromatic heterocycles. The highest BCUT2D eigenvalue weighted by Crippen LogP contribution is 2.26. The Hall–Kier alpha value is -1.76. The molecule has 0 aliphatic carbocycles. The fourth-order valence-electron chi connectivity index (χ4n) is 1.22. The highest BCUT2D eigenvalue weighted by Gasteiger charge is 2.10. The summed E-state index contributed by atoms with van der Waals surface area (Å²) in [6.07, 6.45) is 3.88. The minimum Gasteiger partial charge on any atom is -0.495 e. The van der Waals surface area contributed by atoms with Gasteiger partial charge in [-0.25, -0.2) is 6.57 Å². The molecule has 1 heterocycles. The molecule has 1 aromatic rings. The van der Waals surface area contributed by atoms with E-state index in [1.807, 2.05) is 0 Å². The average molecular weight is 192 g/mol.